The Labute approximate surface area is 95.8 Å². The number of methoxy groups -OCH3 is 1. The maximum absolute atomic E-state index is 13.5. The highest BCUT2D eigenvalue weighted by Gasteiger charge is 2.23. The molecule has 1 aromatic rings. The molecule has 0 aromatic heterocycles. The molecule has 0 saturated heterocycles. The Morgan fingerprint density at radius 3 is 2.75 bits per heavy atom. The highest BCUT2D eigenvalue weighted by atomic mass is 19.1. The van der Waals surface area contributed by atoms with Crippen molar-refractivity contribution in [3.05, 3.63) is 24.0 Å². The van der Waals surface area contributed by atoms with E-state index in [0.717, 1.165) is 5.69 Å². The van der Waals surface area contributed by atoms with Crippen molar-refractivity contribution in [3.8, 4) is 5.75 Å². The molecule has 0 spiro atoms. The Morgan fingerprint density at radius 1 is 1.38 bits per heavy atom. The van der Waals surface area contributed by atoms with Crippen LogP contribution in [0.2, 0.25) is 0 Å². The summed E-state index contributed by atoms with van der Waals surface area (Å²) >= 11 is 0. The first-order valence-electron chi connectivity index (χ1n) is 5.81. The van der Waals surface area contributed by atoms with Gasteiger partial charge in [-0.05, 0) is 30.9 Å². The molecular weight excluding hydrogens is 205 g/mol. The lowest BCUT2D eigenvalue weighted by molar-refractivity contribution is 0.386. The average Bonchev–Trinajstić information content (AvgIpc) is 2.65. The summed E-state index contributed by atoms with van der Waals surface area (Å²) in [6.45, 7) is 2.24. The SMILES string of the molecule is COc1ccc(NC2CCCC2C)cc1F. The fraction of sp³-hybridized carbons (Fsp3) is 0.538. The van der Waals surface area contributed by atoms with Gasteiger partial charge >= 0.3 is 0 Å². The summed E-state index contributed by atoms with van der Waals surface area (Å²) in [6, 6.07) is 5.52. The van der Waals surface area contributed by atoms with Gasteiger partial charge in [0.25, 0.3) is 0 Å². The molecule has 0 bridgehead atoms. The Kier molecular flexibility index (Phi) is 3.32. The smallest absolute Gasteiger partial charge is 0.167 e. The predicted molar refractivity (Wildman–Crippen MR) is 63.4 cm³/mol. The highest BCUT2D eigenvalue weighted by Crippen LogP contribution is 2.29. The zero-order chi connectivity index (χ0) is 11.5. The largest absolute Gasteiger partial charge is 0.494 e. The Bertz CT molecular complexity index is 367. The first-order chi connectivity index (χ1) is 7.70. The molecule has 3 heteroatoms. The Hall–Kier alpha value is -1.25. The molecule has 88 valence electrons. The number of ether oxygens (including phenoxy) is 1. The van der Waals surface area contributed by atoms with Gasteiger partial charge in [0, 0.05) is 17.8 Å². The van der Waals surface area contributed by atoms with E-state index < -0.39 is 0 Å². The lowest BCUT2D eigenvalue weighted by Gasteiger charge is -2.18. The summed E-state index contributed by atoms with van der Waals surface area (Å²) in [7, 11) is 1.48. The van der Waals surface area contributed by atoms with E-state index in [9.17, 15) is 4.39 Å². The van der Waals surface area contributed by atoms with Crippen molar-refractivity contribution in [2.75, 3.05) is 12.4 Å². The first kappa shape index (κ1) is 11.2. The van der Waals surface area contributed by atoms with Crippen LogP contribution in [0.4, 0.5) is 10.1 Å². The van der Waals surface area contributed by atoms with Gasteiger partial charge in [-0.3, -0.25) is 0 Å². The minimum atomic E-state index is -0.307. The van der Waals surface area contributed by atoms with Crippen LogP contribution in [0.3, 0.4) is 0 Å². The van der Waals surface area contributed by atoms with E-state index in [0.29, 0.717) is 17.7 Å². The molecule has 1 aliphatic rings. The third-order valence-corrected chi connectivity index (χ3v) is 3.37. The molecule has 2 nitrogen and oxygen atoms in total. The zero-order valence-electron chi connectivity index (χ0n) is 9.79. The van der Waals surface area contributed by atoms with Crippen molar-refractivity contribution in [2.45, 2.75) is 32.2 Å². The molecule has 0 radical (unpaired) electrons. The number of nitrogens with one attached hydrogen (secondary N) is 1. The highest BCUT2D eigenvalue weighted by molar-refractivity contribution is 5.48. The van der Waals surface area contributed by atoms with Crippen LogP contribution in [-0.2, 0) is 0 Å². The van der Waals surface area contributed by atoms with Crippen molar-refractivity contribution in [1.82, 2.24) is 0 Å². The molecule has 0 heterocycles. The lowest BCUT2D eigenvalue weighted by Crippen LogP contribution is -2.21. The maximum atomic E-state index is 13.5. The lowest BCUT2D eigenvalue weighted by atomic mass is 10.1. The van der Waals surface area contributed by atoms with Gasteiger partial charge in [-0.1, -0.05) is 13.3 Å². The van der Waals surface area contributed by atoms with Crippen molar-refractivity contribution >= 4 is 5.69 Å². The van der Waals surface area contributed by atoms with E-state index in [2.05, 4.69) is 12.2 Å². The van der Waals surface area contributed by atoms with E-state index in [1.54, 1.807) is 6.07 Å². The molecule has 0 aliphatic heterocycles. The fourth-order valence-electron chi connectivity index (χ4n) is 2.33. The second-order valence-corrected chi connectivity index (χ2v) is 4.51. The van der Waals surface area contributed by atoms with E-state index in [-0.39, 0.29) is 5.82 Å². The van der Waals surface area contributed by atoms with Gasteiger partial charge in [-0.15, -0.1) is 0 Å². The molecule has 1 aromatic carbocycles. The number of anilines is 1. The van der Waals surface area contributed by atoms with Crippen molar-refractivity contribution < 1.29 is 9.13 Å². The summed E-state index contributed by atoms with van der Waals surface area (Å²) < 4.78 is 18.3. The van der Waals surface area contributed by atoms with Gasteiger partial charge in [0.05, 0.1) is 7.11 Å². The minimum absolute atomic E-state index is 0.296. The number of benzene rings is 1. The van der Waals surface area contributed by atoms with Crippen LogP contribution in [0.15, 0.2) is 18.2 Å². The quantitative estimate of drug-likeness (QED) is 0.847. The molecule has 2 unspecified atom stereocenters. The third kappa shape index (κ3) is 2.29. The van der Waals surface area contributed by atoms with Gasteiger partial charge in [0.1, 0.15) is 0 Å². The average molecular weight is 223 g/mol. The standard InChI is InChI=1S/C13H18FNO/c1-9-4-3-5-12(9)15-10-6-7-13(16-2)11(14)8-10/h6-9,12,15H,3-5H2,1-2H3. The van der Waals surface area contributed by atoms with Crippen LogP contribution in [0.5, 0.6) is 5.75 Å². The van der Waals surface area contributed by atoms with Gasteiger partial charge in [-0.2, -0.15) is 0 Å². The Balaban J connectivity index is 2.07. The van der Waals surface area contributed by atoms with Gasteiger partial charge < -0.3 is 10.1 Å². The summed E-state index contributed by atoms with van der Waals surface area (Å²) in [5, 5.41) is 3.39. The molecule has 2 rings (SSSR count). The van der Waals surface area contributed by atoms with Gasteiger partial charge in [0.2, 0.25) is 0 Å². The first-order valence-corrected chi connectivity index (χ1v) is 5.81. The van der Waals surface area contributed by atoms with Gasteiger partial charge in [-0.25, -0.2) is 4.39 Å². The van der Waals surface area contributed by atoms with Crippen LogP contribution in [-0.4, -0.2) is 13.2 Å². The number of hydrogen-bond donors (Lipinski definition) is 1. The van der Waals surface area contributed by atoms with Crippen LogP contribution >= 0.6 is 0 Å². The fourth-order valence-corrected chi connectivity index (χ4v) is 2.33. The number of rotatable bonds is 3. The normalized spacial score (nSPS) is 24.4. The van der Waals surface area contributed by atoms with Crippen molar-refractivity contribution in [2.24, 2.45) is 5.92 Å². The van der Waals surface area contributed by atoms with Crippen molar-refractivity contribution in [3.63, 3.8) is 0 Å². The molecule has 1 N–H and O–H groups in total. The maximum Gasteiger partial charge on any atom is 0.167 e. The summed E-state index contributed by atoms with van der Waals surface area (Å²) in [5.41, 5.74) is 0.844. The molecule has 0 amide bonds. The summed E-state index contributed by atoms with van der Waals surface area (Å²) in [5.74, 6) is 0.660. The van der Waals surface area contributed by atoms with Gasteiger partial charge in [0.15, 0.2) is 11.6 Å². The topological polar surface area (TPSA) is 21.3 Å². The van der Waals surface area contributed by atoms with Crippen LogP contribution in [0, 0.1) is 11.7 Å². The molecule has 1 saturated carbocycles. The van der Waals surface area contributed by atoms with Crippen LogP contribution in [0.25, 0.3) is 0 Å². The van der Waals surface area contributed by atoms with Crippen molar-refractivity contribution in [1.29, 1.82) is 0 Å². The molecule has 1 aliphatic carbocycles. The minimum Gasteiger partial charge on any atom is -0.494 e. The summed E-state index contributed by atoms with van der Waals surface area (Å²) in [4.78, 5) is 0. The zero-order valence-corrected chi connectivity index (χ0v) is 9.79. The Morgan fingerprint density at radius 2 is 2.19 bits per heavy atom. The van der Waals surface area contributed by atoms with E-state index in [1.807, 2.05) is 6.07 Å². The molecule has 1 fully saturated rings. The van der Waals surface area contributed by atoms with E-state index in [4.69, 9.17) is 4.74 Å². The predicted octanol–water partition coefficient (Wildman–Crippen LogP) is 3.43. The second kappa shape index (κ2) is 4.73. The number of hydrogen-bond acceptors (Lipinski definition) is 2. The van der Waals surface area contributed by atoms with E-state index >= 15 is 0 Å². The van der Waals surface area contributed by atoms with E-state index in [1.165, 1.54) is 32.4 Å². The third-order valence-electron chi connectivity index (χ3n) is 3.37. The second-order valence-electron chi connectivity index (χ2n) is 4.51. The molecule has 16 heavy (non-hydrogen) atoms. The molecular formula is C13H18FNO. The monoisotopic (exact) mass is 223 g/mol. The van der Waals surface area contributed by atoms with Crippen LogP contribution in [0.1, 0.15) is 26.2 Å². The number of halogens is 1. The molecule has 2 atom stereocenters. The van der Waals surface area contributed by atoms with Crippen LogP contribution < -0.4 is 10.1 Å². The summed E-state index contributed by atoms with van der Waals surface area (Å²) in [6.07, 6.45) is 3.70.